The minimum Gasteiger partial charge on any atom is -0.394 e. The van der Waals surface area contributed by atoms with Crippen LogP contribution in [-0.4, -0.2) is 14.8 Å². The maximum absolute atomic E-state index is 5.96. The van der Waals surface area contributed by atoms with Gasteiger partial charge in [0.05, 0.1) is 17.9 Å². The zero-order valence-electron chi connectivity index (χ0n) is 9.40. The number of nitrogens with two attached hydrogens (primary N) is 1. The number of nitrogen functional groups attached to an aromatic ring is 1. The summed E-state index contributed by atoms with van der Waals surface area (Å²) in [6, 6.07) is 0. The molecule has 86 valence electrons. The van der Waals surface area contributed by atoms with Gasteiger partial charge in [-0.05, 0) is 13.8 Å². The average Bonchev–Trinajstić information content (AvgIpc) is 2.87. The van der Waals surface area contributed by atoms with Crippen molar-refractivity contribution in [1.29, 1.82) is 0 Å². The minimum absolute atomic E-state index is 0.688. The predicted molar refractivity (Wildman–Crippen MR) is 66.5 cm³/mol. The normalized spacial score (nSPS) is 10.6. The number of thiazole rings is 1. The van der Waals surface area contributed by atoms with Crippen molar-refractivity contribution in [1.82, 2.24) is 14.8 Å². The molecular formula is C10H15N5S. The van der Waals surface area contributed by atoms with Gasteiger partial charge in [-0.2, -0.15) is 5.10 Å². The number of aryl methyl sites for hydroxylation is 2. The lowest BCUT2D eigenvalue weighted by Gasteiger charge is -2.07. The van der Waals surface area contributed by atoms with Crippen molar-refractivity contribution < 1.29 is 0 Å². The van der Waals surface area contributed by atoms with E-state index in [4.69, 9.17) is 5.73 Å². The van der Waals surface area contributed by atoms with Crippen molar-refractivity contribution in [3.63, 3.8) is 0 Å². The second-order valence-corrected chi connectivity index (χ2v) is 4.42. The average molecular weight is 237 g/mol. The van der Waals surface area contributed by atoms with E-state index >= 15 is 0 Å². The second kappa shape index (κ2) is 4.52. The Morgan fingerprint density at radius 1 is 1.56 bits per heavy atom. The van der Waals surface area contributed by atoms with Crippen LogP contribution in [0, 0.1) is 6.92 Å². The second-order valence-electron chi connectivity index (χ2n) is 3.44. The maximum atomic E-state index is 5.96. The first kappa shape index (κ1) is 10.9. The predicted octanol–water partition coefficient (Wildman–Crippen LogP) is 1.86. The van der Waals surface area contributed by atoms with E-state index in [0.717, 1.165) is 28.8 Å². The molecule has 0 saturated heterocycles. The lowest BCUT2D eigenvalue weighted by molar-refractivity contribution is 0.657. The van der Waals surface area contributed by atoms with Crippen LogP contribution in [-0.2, 0) is 13.1 Å². The molecule has 0 unspecified atom stereocenters. The maximum Gasteiger partial charge on any atom is 0.148 e. The van der Waals surface area contributed by atoms with Gasteiger partial charge < -0.3 is 11.1 Å². The molecule has 6 heteroatoms. The fourth-order valence-electron chi connectivity index (χ4n) is 1.51. The summed E-state index contributed by atoms with van der Waals surface area (Å²) in [5, 5.41) is 10.6. The summed E-state index contributed by atoms with van der Waals surface area (Å²) in [5.74, 6) is 0.884. The number of rotatable bonds is 4. The van der Waals surface area contributed by atoms with Crippen molar-refractivity contribution in [2.45, 2.75) is 26.9 Å². The molecule has 0 aliphatic heterocycles. The number of aromatic nitrogens is 3. The van der Waals surface area contributed by atoms with E-state index in [9.17, 15) is 0 Å². The first-order chi connectivity index (χ1) is 7.72. The van der Waals surface area contributed by atoms with E-state index in [1.165, 1.54) is 0 Å². The van der Waals surface area contributed by atoms with Gasteiger partial charge in [-0.15, -0.1) is 11.3 Å². The van der Waals surface area contributed by atoms with Crippen LogP contribution in [0.25, 0.3) is 0 Å². The Bertz CT molecular complexity index is 460. The van der Waals surface area contributed by atoms with Crippen molar-refractivity contribution in [2.75, 3.05) is 11.1 Å². The smallest absolute Gasteiger partial charge is 0.148 e. The van der Waals surface area contributed by atoms with Gasteiger partial charge in [0.2, 0.25) is 0 Å². The van der Waals surface area contributed by atoms with Crippen LogP contribution in [0.1, 0.15) is 17.6 Å². The van der Waals surface area contributed by atoms with E-state index in [1.807, 2.05) is 23.9 Å². The molecule has 16 heavy (non-hydrogen) atoms. The Labute approximate surface area is 98.3 Å². The highest BCUT2D eigenvalue weighted by molar-refractivity contribution is 7.09. The number of hydrogen-bond acceptors (Lipinski definition) is 5. The fourth-order valence-corrected chi connectivity index (χ4v) is 2.07. The van der Waals surface area contributed by atoms with Gasteiger partial charge in [0.1, 0.15) is 10.8 Å². The van der Waals surface area contributed by atoms with Crippen LogP contribution in [0.2, 0.25) is 0 Å². The number of nitrogens with zero attached hydrogens (tertiary/aromatic N) is 3. The molecule has 3 N–H and O–H groups in total. The Hall–Kier alpha value is -1.56. The summed E-state index contributed by atoms with van der Waals surface area (Å²) in [4.78, 5) is 4.21. The highest BCUT2D eigenvalue weighted by Crippen LogP contribution is 2.22. The Morgan fingerprint density at radius 3 is 3.00 bits per heavy atom. The third-order valence-corrected chi connectivity index (χ3v) is 3.14. The Kier molecular flexibility index (Phi) is 3.09. The van der Waals surface area contributed by atoms with E-state index in [-0.39, 0.29) is 0 Å². The molecule has 0 amide bonds. The van der Waals surface area contributed by atoms with E-state index in [2.05, 4.69) is 15.4 Å². The SMILES string of the molecule is CCn1nc(C)c(N)c1NCc1nccs1. The Balaban J connectivity index is 2.14. The molecule has 0 aliphatic rings. The molecule has 0 atom stereocenters. The van der Waals surface area contributed by atoms with Crippen molar-refractivity contribution in [2.24, 2.45) is 0 Å². The first-order valence-electron chi connectivity index (χ1n) is 5.17. The van der Waals surface area contributed by atoms with Gasteiger partial charge in [0.15, 0.2) is 0 Å². The molecule has 0 radical (unpaired) electrons. The zero-order valence-corrected chi connectivity index (χ0v) is 10.2. The molecule has 5 nitrogen and oxygen atoms in total. The molecule has 2 aromatic rings. The topological polar surface area (TPSA) is 68.8 Å². The van der Waals surface area contributed by atoms with Crippen LogP contribution >= 0.6 is 11.3 Å². The van der Waals surface area contributed by atoms with Gasteiger partial charge >= 0.3 is 0 Å². The molecule has 2 heterocycles. The molecule has 0 bridgehead atoms. The van der Waals surface area contributed by atoms with Crippen LogP contribution in [0.3, 0.4) is 0 Å². The highest BCUT2D eigenvalue weighted by atomic mass is 32.1. The molecule has 0 fully saturated rings. The molecule has 0 saturated carbocycles. The lowest BCUT2D eigenvalue weighted by Crippen LogP contribution is -2.08. The monoisotopic (exact) mass is 237 g/mol. The van der Waals surface area contributed by atoms with Gasteiger partial charge in [0, 0.05) is 18.1 Å². The number of hydrogen-bond donors (Lipinski definition) is 2. The summed E-state index contributed by atoms with van der Waals surface area (Å²) >= 11 is 1.62. The van der Waals surface area contributed by atoms with Gasteiger partial charge in [-0.3, -0.25) is 0 Å². The molecule has 0 aliphatic carbocycles. The zero-order chi connectivity index (χ0) is 11.5. The van der Waals surface area contributed by atoms with Crippen LogP contribution in [0.5, 0.6) is 0 Å². The summed E-state index contributed by atoms with van der Waals surface area (Å²) in [6.07, 6.45) is 1.80. The molecule has 0 spiro atoms. The molecular weight excluding hydrogens is 222 g/mol. The quantitative estimate of drug-likeness (QED) is 0.851. The number of nitrogens with one attached hydrogen (secondary N) is 1. The van der Waals surface area contributed by atoms with Gasteiger partial charge in [-0.1, -0.05) is 0 Å². The Morgan fingerprint density at radius 2 is 2.38 bits per heavy atom. The number of anilines is 2. The van der Waals surface area contributed by atoms with Crippen LogP contribution in [0.15, 0.2) is 11.6 Å². The largest absolute Gasteiger partial charge is 0.394 e. The third-order valence-electron chi connectivity index (χ3n) is 2.36. The summed E-state index contributed by atoms with van der Waals surface area (Å²) in [6.45, 7) is 5.45. The first-order valence-corrected chi connectivity index (χ1v) is 6.05. The van der Waals surface area contributed by atoms with Gasteiger partial charge in [0.25, 0.3) is 0 Å². The lowest BCUT2D eigenvalue weighted by atomic mass is 10.4. The molecule has 0 aromatic carbocycles. The van der Waals surface area contributed by atoms with E-state index in [0.29, 0.717) is 6.54 Å². The molecule has 2 rings (SSSR count). The van der Waals surface area contributed by atoms with Gasteiger partial charge in [-0.25, -0.2) is 9.67 Å². The van der Waals surface area contributed by atoms with Crippen molar-refractivity contribution in [3.8, 4) is 0 Å². The van der Waals surface area contributed by atoms with Crippen molar-refractivity contribution in [3.05, 3.63) is 22.3 Å². The third kappa shape index (κ3) is 2.01. The summed E-state index contributed by atoms with van der Waals surface area (Å²) < 4.78 is 1.87. The summed E-state index contributed by atoms with van der Waals surface area (Å²) in [7, 11) is 0. The van der Waals surface area contributed by atoms with E-state index in [1.54, 1.807) is 17.5 Å². The fraction of sp³-hybridized carbons (Fsp3) is 0.400. The van der Waals surface area contributed by atoms with Crippen LogP contribution in [0.4, 0.5) is 11.5 Å². The van der Waals surface area contributed by atoms with Crippen LogP contribution < -0.4 is 11.1 Å². The van der Waals surface area contributed by atoms with E-state index < -0.39 is 0 Å². The van der Waals surface area contributed by atoms with Crippen molar-refractivity contribution >= 4 is 22.8 Å². The highest BCUT2D eigenvalue weighted by Gasteiger charge is 2.10. The summed E-state index contributed by atoms with van der Waals surface area (Å²) in [5.41, 5.74) is 7.54. The molecule has 2 aromatic heterocycles. The minimum atomic E-state index is 0.688. The standard InChI is InChI=1S/C10H15N5S/c1-3-15-10(9(11)7(2)14-15)13-6-8-12-4-5-16-8/h4-5,13H,3,6,11H2,1-2H3.